The zero-order valence-electron chi connectivity index (χ0n) is 9.87. The van der Waals surface area contributed by atoms with Gasteiger partial charge >= 0.3 is 0 Å². The van der Waals surface area contributed by atoms with Crippen molar-refractivity contribution in [1.82, 2.24) is 0 Å². The first-order valence-corrected chi connectivity index (χ1v) is 7.95. The lowest BCUT2D eigenvalue weighted by atomic mass is 10.1. The first-order chi connectivity index (χ1) is 8.12. The number of phenolic OH excluding ortho intramolecular Hbond substituents is 1. The molecule has 0 radical (unpaired) electrons. The number of halogens is 2. The summed E-state index contributed by atoms with van der Waals surface area (Å²) in [5.74, 6) is 0.701. The van der Waals surface area contributed by atoms with E-state index in [1.807, 2.05) is 13.0 Å². The second-order valence-electron chi connectivity index (χ2n) is 3.55. The highest BCUT2D eigenvalue weighted by molar-refractivity contribution is 14.1. The van der Waals surface area contributed by atoms with Crippen LogP contribution in [0.3, 0.4) is 0 Å². The Bertz CT molecular complexity index is 369. The summed E-state index contributed by atoms with van der Waals surface area (Å²) in [6.45, 7) is 2.71. The van der Waals surface area contributed by atoms with Crippen LogP contribution >= 0.6 is 45.2 Å². The van der Waals surface area contributed by atoms with Crippen LogP contribution in [0.25, 0.3) is 0 Å². The predicted octanol–water partition coefficient (Wildman–Crippen LogP) is 3.39. The zero-order valence-corrected chi connectivity index (χ0v) is 14.2. The fraction of sp³-hybridized carbons (Fsp3) is 0.500. The Kier molecular flexibility index (Phi) is 6.86. The van der Waals surface area contributed by atoms with Gasteiger partial charge in [-0.1, -0.05) is 22.6 Å². The number of rotatable bonds is 6. The molecular weight excluding hydrogens is 446 g/mol. The molecule has 0 aromatic heterocycles. The average Bonchev–Trinajstić information content (AvgIpc) is 2.32. The molecule has 0 fully saturated rings. The van der Waals surface area contributed by atoms with Crippen molar-refractivity contribution >= 4 is 45.2 Å². The summed E-state index contributed by atoms with van der Waals surface area (Å²) in [6.07, 6.45) is 1.01. The minimum absolute atomic E-state index is 0.187. The topological polar surface area (TPSA) is 38.7 Å². The van der Waals surface area contributed by atoms with Crippen LogP contribution in [0.15, 0.2) is 12.1 Å². The van der Waals surface area contributed by atoms with E-state index in [9.17, 15) is 5.11 Å². The van der Waals surface area contributed by atoms with Crippen molar-refractivity contribution in [3.8, 4) is 11.5 Å². The number of methoxy groups -OCH3 is 1. The second-order valence-corrected chi connectivity index (χ2v) is 5.59. The molecule has 0 heterocycles. The van der Waals surface area contributed by atoms with Gasteiger partial charge in [-0.05, 0) is 47.2 Å². The molecule has 0 aliphatic carbocycles. The first kappa shape index (κ1) is 15.3. The largest absolute Gasteiger partial charge is 0.504 e. The molecule has 1 N–H and O–H groups in total. The van der Waals surface area contributed by atoms with Crippen LogP contribution in [-0.2, 0) is 11.2 Å². The molecule has 0 bridgehead atoms. The molecule has 5 heteroatoms. The van der Waals surface area contributed by atoms with Crippen LogP contribution in [0.5, 0.6) is 11.5 Å². The van der Waals surface area contributed by atoms with Gasteiger partial charge in [0, 0.05) is 21.0 Å². The molecule has 1 atom stereocenters. The van der Waals surface area contributed by atoms with Gasteiger partial charge in [0.05, 0.1) is 13.2 Å². The second kappa shape index (κ2) is 7.63. The van der Waals surface area contributed by atoms with Crippen LogP contribution in [0.1, 0.15) is 12.5 Å². The molecule has 0 saturated carbocycles. The summed E-state index contributed by atoms with van der Waals surface area (Å²) in [5, 5.41) is 9.76. The molecule has 0 aliphatic heterocycles. The fourth-order valence-electron chi connectivity index (χ4n) is 1.55. The Morgan fingerprint density at radius 1 is 1.41 bits per heavy atom. The first-order valence-electron chi connectivity index (χ1n) is 5.35. The van der Waals surface area contributed by atoms with E-state index in [0.717, 1.165) is 20.0 Å². The van der Waals surface area contributed by atoms with Crippen molar-refractivity contribution in [3.05, 3.63) is 21.3 Å². The summed E-state index contributed by atoms with van der Waals surface area (Å²) in [7, 11) is 1.55. The summed E-state index contributed by atoms with van der Waals surface area (Å²) >= 11 is 4.57. The Hall–Kier alpha value is 0.240. The van der Waals surface area contributed by atoms with Crippen molar-refractivity contribution in [2.45, 2.75) is 19.4 Å². The van der Waals surface area contributed by atoms with Crippen LogP contribution < -0.4 is 4.74 Å². The molecule has 1 aromatic carbocycles. The lowest BCUT2D eigenvalue weighted by Gasteiger charge is -2.16. The number of benzene rings is 1. The number of phenols is 1. The maximum Gasteiger partial charge on any atom is 0.161 e. The average molecular weight is 462 g/mol. The summed E-state index contributed by atoms with van der Waals surface area (Å²) < 4.78 is 12.7. The van der Waals surface area contributed by atoms with E-state index in [-0.39, 0.29) is 11.9 Å². The molecule has 3 nitrogen and oxygen atoms in total. The van der Waals surface area contributed by atoms with Gasteiger partial charge in [-0.3, -0.25) is 0 Å². The summed E-state index contributed by atoms with van der Waals surface area (Å²) in [4.78, 5) is 0. The van der Waals surface area contributed by atoms with E-state index in [2.05, 4.69) is 45.2 Å². The van der Waals surface area contributed by atoms with Crippen molar-refractivity contribution in [2.75, 3.05) is 18.1 Å². The Labute approximate surface area is 129 Å². The van der Waals surface area contributed by atoms with Crippen LogP contribution in [-0.4, -0.2) is 29.4 Å². The number of ether oxygens (including phenoxy) is 2. The molecule has 1 unspecified atom stereocenters. The van der Waals surface area contributed by atoms with E-state index in [4.69, 9.17) is 9.47 Å². The van der Waals surface area contributed by atoms with Gasteiger partial charge in [-0.15, -0.1) is 0 Å². The van der Waals surface area contributed by atoms with Crippen LogP contribution in [0.2, 0.25) is 0 Å². The van der Waals surface area contributed by atoms with Gasteiger partial charge in [0.1, 0.15) is 0 Å². The standard InChI is InChI=1S/C12H16I2O3/c1-3-17-9(7-13)4-8-5-11(15)12(16-2)6-10(8)14/h5-6,9,15H,3-4,7H2,1-2H3. The molecule has 0 aliphatic rings. The molecule has 0 saturated heterocycles. The van der Waals surface area contributed by atoms with Gasteiger partial charge in [0.2, 0.25) is 0 Å². The maximum absolute atomic E-state index is 9.76. The monoisotopic (exact) mass is 462 g/mol. The smallest absolute Gasteiger partial charge is 0.161 e. The normalized spacial score (nSPS) is 12.5. The Morgan fingerprint density at radius 3 is 2.65 bits per heavy atom. The van der Waals surface area contributed by atoms with E-state index in [0.29, 0.717) is 12.4 Å². The quantitative estimate of drug-likeness (QED) is 0.521. The van der Waals surface area contributed by atoms with Gasteiger partial charge in [0.15, 0.2) is 11.5 Å². The van der Waals surface area contributed by atoms with E-state index >= 15 is 0 Å². The molecular formula is C12H16I2O3. The third kappa shape index (κ3) is 4.44. The lowest BCUT2D eigenvalue weighted by molar-refractivity contribution is 0.0820. The van der Waals surface area contributed by atoms with Gasteiger partial charge in [-0.25, -0.2) is 0 Å². The molecule has 17 heavy (non-hydrogen) atoms. The van der Waals surface area contributed by atoms with Gasteiger partial charge in [0.25, 0.3) is 0 Å². The Morgan fingerprint density at radius 2 is 2.12 bits per heavy atom. The third-order valence-electron chi connectivity index (χ3n) is 2.37. The SMILES string of the molecule is CCOC(CI)Cc1cc(O)c(OC)cc1I. The van der Waals surface area contributed by atoms with Gasteiger partial charge in [-0.2, -0.15) is 0 Å². The minimum Gasteiger partial charge on any atom is -0.504 e. The highest BCUT2D eigenvalue weighted by atomic mass is 127. The van der Waals surface area contributed by atoms with Crippen LogP contribution in [0, 0.1) is 3.57 Å². The van der Waals surface area contributed by atoms with E-state index in [1.54, 1.807) is 13.2 Å². The van der Waals surface area contributed by atoms with Crippen molar-refractivity contribution in [1.29, 1.82) is 0 Å². The predicted molar refractivity (Wildman–Crippen MR) is 85.4 cm³/mol. The lowest BCUT2D eigenvalue weighted by Crippen LogP contribution is -2.18. The highest BCUT2D eigenvalue weighted by Gasteiger charge is 2.13. The van der Waals surface area contributed by atoms with Gasteiger partial charge < -0.3 is 14.6 Å². The van der Waals surface area contributed by atoms with E-state index in [1.165, 1.54) is 0 Å². The molecule has 1 rings (SSSR count). The number of alkyl halides is 1. The van der Waals surface area contributed by atoms with Crippen LogP contribution in [0.4, 0.5) is 0 Å². The fourth-order valence-corrected chi connectivity index (χ4v) is 2.77. The third-order valence-corrected chi connectivity index (χ3v) is 4.36. The molecule has 0 amide bonds. The molecule has 0 spiro atoms. The number of hydrogen-bond acceptors (Lipinski definition) is 3. The molecule has 96 valence electrons. The number of hydrogen-bond donors (Lipinski definition) is 1. The van der Waals surface area contributed by atoms with Crippen molar-refractivity contribution in [2.24, 2.45) is 0 Å². The number of aromatic hydroxyl groups is 1. The minimum atomic E-state index is 0.187. The Balaban J connectivity index is 2.87. The summed E-state index contributed by atoms with van der Waals surface area (Å²) in [5.41, 5.74) is 1.10. The van der Waals surface area contributed by atoms with Crippen molar-refractivity contribution in [3.63, 3.8) is 0 Å². The highest BCUT2D eigenvalue weighted by Crippen LogP contribution is 2.31. The van der Waals surface area contributed by atoms with E-state index < -0.39 is 0 Å². The van der Waals surface area contributed by atoms with Crippen molar-refractivity contribution < 1.29 is 14.6 Å². The molecule has 1 aromatic rings. The maximum atomic E-state index is 9.76. The zero-order chi connectivity index (χ0) is 12.8. The summed E-state index contributed by atoms with van der Waals surface area (Å²) in [6, 6.07) is 3.61.